The van der Waals surface area contributed by atoms with Crippen molar-refractivity contribution in [3.05, 3.63) is 65.5 Å². The Morgan fingerprint density at radius 1 is 1.09 bits per heavy atom. The van der Waals surface area contributed by atoms with Gasteiger partial charge in [0.15, 0.2) is 5.82 Å². The van der Waals surface area contributed by atoms with Crippen LogP contribution in [0.1, 0.15) is 21.7 Å². The average molecular weight is 309 g/mol. The standard InChI is InChI=1S/C16H15N5O2/c22-14-4-2-1-3-13(14)16(23)17-12-8-5-11(6-9-12)7-10-15-18-20-21-19-15/h1-6,8-9,22H,7,10H2,(H,17,23)(H,18,19,20,21). The van der Waals surface area contributed by atoms with Crippen molar-refractivity contribution < 1.29 is 9.90 Å². The van der Waals surface area contributed by atoms with Crippen molar-refractivity contribution >= 4 is 11.6 Å². The van der Waals surface area contributed by atoms with Crippen LogP contribution in [0.15, 0.2) is 48.5 Å². The second-order valence-electron chi connectivity index (χ2n) is 5.00. The Kier molecular flexibility index (Phi) is 4.28. The lowest BCUT2D eigenvalue weighted by Crippen LogP contribution is -2.11. The molecule has 2 aromatic carbocycles. The summed E-state index contributed by atoms with van der Waals surface area (Å²) in [5.41, 5.74) is 2.02. The molecule has 1 aromatic heterocycles. The smallest absolute Gasteiger partial charge is 0.259 e. The predicted molar refractivity (Wildman–Crippen MR) is 84.1 cm³/mol. The first-order chi connectivity index (χ1) is 11.2. The SMILES string of the molecule is O=C(Nc1ccc(CCc2nn[nH]n2)cc1)c1ccccc1O. The third kappa shape index (κ3) is 3.70. The van der Waals surface area contributed by atoms with Gasteiger partial charge in [-0.2, -0.15) is 5.21 Å². The number of H-pyrrole nitrogens is 1. The largest absolute Gasteiger partial charge is 0.507 e. The van der Waals surface area contributed by atoms with Crippen LogP contribution in [0.25, 0.3) is 0 Å². The molecule has 0 aliphatic heterocycles. The van der Waals surface area contributed by atoms with Gasteiger partial charge in [-0.3, -0.25) is 4.79 Å². The van der Waals surface area contributed by atoms with E-state index in [2.05, 4.69) is 25.9 Å². The van der Waals surface area contributed by atoms with E-state index in [0.717, 1.165) is 12.0 Å². The van der Waals surface area contributed by atoms with Crippen molar-refractivity contribution in [3.8, 4) is 5.75 Å². The molecule has 0 saturated heterocycles. The Balaban J connectivity index is 1.61. The first-order valence-corrected chi connectivity index (χ1v) is 7.13. The summed E-state index contributed by atoms with van der Waals surface area (Å²) in [4.78, 5) is 12.1. The number of amides is 1. The second-order valence-corrected chi connectivity index (χ2v) is 5.00. The van der Waals surface area contributed by atoms with Crippen LogP contribution in [0.5, 0.6) is 5.75 Å². The van der Waals surface area contributed by atoms with Gasteiger partial charge in [-0.05, 0) is 36.2 Å². The van der Waals surface area contributed by atoms with Crippen LogP contribution >= 0.6 is 0 Å². The molecule has 7 nitrogen and oxygen atoms in total. The summed E-state index contributed by atoms with van der Waals surface area (Å²) in [6.45, 7) is 0. The fourth-order valence-electron chi connectivity index (χ4n) is 2.16. The quantitative estimate of drug-likeness (QED) is 0.668. The molecule has 1 heterocycles. The van der Waals surface area contributed by atoms with Gasteiger partial charge in [0.1, 0.15) is 5.75 Å². The minimum Gasteiger partial charge on any atom is -0.507 e. The second kappa shape index (κ2) is 6.69. The zero-order valence-corrected chi connectivity index (χ0v) is 12.2. The van der Waals surface area contributed by atoms with Gasteiger partial charge < -0.3 is 10.4 Å². The Labute approximate surface area is 132 Å². The molecular weight excluding hydrogens is 294 g/mol. The number of nitrogens with zero attached hydrogens (tertiary/aromatic N) is 3. The Morgan fingerprint density at radius 2 is 1.87 bits per heavy atom. The number of rotatable bonds is 5. The third-order valence-corrected chi connectivity index (χ3v) is 3.39. The maximum absolute atomic E-state index is 12.1. The number of nitrogens with one attached hydrogen (secondary N) is 2. The van der Waals surface area contributed by atoms with Crippen molar-refractivity contribution in [1.29, 1.82) is 0 Å². The molecule has 0 bridgehead atoms. The molecule has 0 aliphatic carbocycles. The van der Waals surface area contributed by atoms with Crippen LogP contribution in [0, 0.1) is 0 Å². The predicted octanol–water partition coefficient (Wildman–Crippen LogP) is 1.94. The maximum Gasteiger partial charge on any atom is 0.259 e. The number of aromatic hydroxyl groups is 1. The van der Waals surface area contributed by atoms with Gasteiger partial charge in [0.2, 0.25) is 0 Å². The summed E-state index contributed by atoms with van der Waals surface area (Å²) in [5.74, 6) is 0.284. The van der Waals surface area contributed by atoms with Crippen molar-refractivity contribution in [2.75, 3.05) is 5.32 Å². The molecule has 7 heteroatoms. The monoisotopic (exact) mass is 309 g/mol. The van der Waals surface area contributed by atoms with Gasteiger partial charge in [0.25, 0.3) is 5.91 Å². The molecule has 0 spiro atoms. The molecule has 0 aliphatic rings. The highest BCUT2D eigenvalue weighted by Crippen LogP contribution is 2.18. The molecule has 0 fully saturated rings. The van der Waals surface area contributed by atoms with E-state index < -0.39 is 0 Å². The van der Waals surface area contributed by atoms with Gasteiger partial charge >= 0.3 is 0 Å². The number of phenolic OH excluding ortho intramolecular Hbond substituents is 1. The van der Waals surface area contributed by atoms with E-state index >= 15 is 0 Å². The number of carbonyl (C=O) groups excluding carboxylic acids is 1. The summed E-state index contributed by atoms with van der Waals surface area (Å²) in [7, 11) is 0. The van der Waals surface area contributed by atoms with Crippen LogP contribution in [0.4, 0.5) is 5.69 Å². The lowest BCUT2D eigenvalue weighted by molar-refractivity contribution is 0.102. The van der Waals surface area contributed by atoms with E-state index in [-0.39, 0.29) is 17.2 Å². The number of hydrogen-bond donors (Lipinski definition) is 3. The van der Waals surface area contributed by atoms with Gasteiger partial charge in [0.05, 0.1) is 5.56 Å². The Morgan fingerprint density at radius 3 is 2.57 bits per heavy atom. The molecule has 0 unspecified atom stereocenters. The van der Waals surface area contributed by atoms with E-state index in [1.807, 2.05) is 24.3 Å². The fourth-order valence-corrected chi connectivity index (χ4v) is 2.16. The first kappa shape index (κ1) is 14.7. The molecule has 23 heavy (non-hydrogen) atoms. The lowest BCUT2D eigenvalue weighted by Gasteiger charge is -2.07. The number of aromatic amines is 1. The molecule has 116 valence electrons. The zero-order valence-electron chi connectivity index (χ0n) is 12.2. The first-order valence-electron chi connectivity index (χ1n) is 7.13. The van der Waals surface area contributed by atoms with E-state index in [0.29, 0.717) is 17.9 Å². The number of para-hydroxylation sites is 1. The maximum atomic E-state index is 12.1. The molecule has 3 N–H and O–H groups in total. The number of benzene rings is 2. The Hall–Kier alpha value is -3.22. The van der Waals surface area contributed by atoms with Crippen LogP contribution in [0.3, 0.4) is 0 Å². The molecule has 3 rings (SSSR count). The molecule has 0 atom stereocenters. The summed E-state index contributed by atoms with van der Waals surface area (Å²) in [5, 5.41) is 26.2. The number of hydrogen-bond acceptors (Lipinski definition) is 5. The number of tetrazole rings is 1. The van der Waals surface area contributed by atoms with Crippen molar-refractivity contribution in [1.82, 2.24) is 20.6 Å². The zero-order chi connectivity index (χ0) is 16.1. The van der Waals surface area contributed by atoms with Crippen LogP contribution in [0.2, 0.25) is 0 Å². The topological polar surface area (TPSA) is 104 Å². The molecule has 0 saturated carbocycles. The number of aromatic nitrogens is 4. The summed E-state index contributed by atoms with van der Waals surface area (Å²) in [6, 6.07) is 13.9. The highest BCUT2D eigenvalue weighted by Gasteiger charge is 2.10. The average Bonchev–Trinajstić information content (AvgIpc) is 3.08. The van der Waals surface area contributed by atoms with E-state index in [4.69, 9.17) is 0 Å². The number of phenols is 1. The van der Waals surface area contributed by atoms with Crippen LogP contribution in [-0.4, -0.2) is 31.6 Å². The summed E-state index contributed by atoms with van der Waals surface area (Å²) < 4.78 is 0. The number of aryl methyl sites for hydroxylation is 2. The van der Waals surface area contributed by atoms with Gasteiger partial charge in [0, 0.05) is 12.1 Å². The number of anilines is 1. The number of carbonyl (C=O) groups is 1. The van der Waals surface area contributed by atoms with E-state index in [1.54, 1.807) is 18.2 Å². The van der Waals surface area contributed by atoms with Crippen LogP contribution in [-0.2, 0) is 12.8 Å². The highest BCUT2D eigenvalue weighted by atomic mass is 16.3. The van der Waals surface area contributed by atoms with Crippen molar-refractivity contribution in [2.24, 2.45) is 0 Å². The highest BCUT2D eigenvalue weighted by molar-refractivity contribution is 6.06. The van der Waals surface area contributed by atoms with Gasteiger partial charge in [-0.15, -0.1) is 10.2 Å². The van der Waals surface area contributed by atoms with E-state index in [1.165, 1.54) is 6.07 Å². The minimum atomic E-state index is -0.345. The van der Waals surface area contributed by atoms with E-state index in [9.17, 15) is 9.90 Å². The summed E-state index contributed by atoms with van der Waals surface area (Å²) >= 11 is 0. The minimum absolute atomic E-state index is 0.0401. The van der Waals surface area contributed by atoms with Crippen LogP contribution < -0.4 is 5.32 Å². The molecule has 3 aromatic rings. The van der Waals surface area contributed by atoms with Crippen molar-refractivity contribution in [2.45, 2.75) is 12.8 Å². The molecular formula is C16H15N5O2. The summed E-state index contributed by atoms with van der Waals surface area (Å²) in [6.07, 6.45) is 1.48. The lowest BCUT2D eigenvalue weighted by atomic mass is 10.1. The van der Waals surface area contributed by atoms with Crippen molar-refractivity contribution in [3.63, 3.8) is 0 Å². The third-order valence-electron chi connectivity index (χ3n) is 3.39. The Bertz CT molecular complexity index is 784. The van der Waals surface area contributed by atoms with Gasteiger partial charge in [-0.1, -0.05) is 29.5 Å². The fraction of sp³-hybridized carbons (Fsp3) is 0.125. The molecule has 1 amide bonds. The normalized spacial score (nSPS) is 10.4. The van der Waals surface area contributed by atoms with Gasteiger partial charge in [-0.25, -0.2) is 0 Å². The molecule has 0 radical (unpaired) electrons.